The summed E-state index contributed by atoms with van der Waals surface area (Å²) in [7, 11) is 0. The Labute approximate surface area is 150 Å². The summed E-state index contributed by atoms with van der Waals surface area (Å²) < 4.78 is 9.39. The molecule has 0 saturated carbocycles. The van der Waals surface area contributed by atoms with Crippen LogP contribution in [-0.2, 0) is 11.3 Å². The third kappa shape index (κ3) is 4.03. The predicted molar refractivity (Wildman–Crippen MR) is 98.6 cm³/mol. The van der Waals surface area contributed by atoms with E-state index in [0.29, 0.717) is 5.56 Å². The Hall–Kier alpha value is -2.72. The van der Waals surface area contributed by atoms with E-state index >= 15 is 0 Å². The highest BCUT2D eigenvalue weighted by Crippen LogP contribution is 2.29. The fourth-order valence-corrected chi connectivity index (χ4v) is 3.10. The summed E-state index contributed by atoms with van der Waals surface area (Å²) in [5, 5.41) is 21.0. The SMILES string of the molecule is Cc1snc(COCO)c1Nc1ccc(-c2ccc(C#N)cc2)cc1. The molecule has 0 spiro atoms. The summed E-state index contributed by atoms with van der Waals surface area (Å²) in [6.07, 6.45) is 0. The van der Waals surface area contributed by atoms with Gasteiger partial charge in [-0.05, 0) is 53.8 Å². The third-order valence-corrected chi connectivity index (χ3v) is 4.55. The van der Waals surface area contributed by atoms with Crippen molar-refractivity contribution in [3.63, 3.8) is 0 Å². The molecular formula is C19H17N3O2S. The second-order valence-electron chi connectivity index (χ2n) is 5.43. The average molecular weight is 351 g/mol. The van der Waals surface area contributed by atoms with Crippen LogP contribution < -0.4 is 5.32 Å². The van der Waals surface area contributed by atoms with E-state index in [0.717, 1.165) is 33.1 Å². The largest absolute Gasteiger partial charge is 0.371 e. The molecule has 0 bridgehead atoms. The van der Waals surface area contributed by atoms with Crippen molar-refractivity contribution in [1.29, 1.82) is 5.26 Å². The van der Waals surface area contributed by atoms with Gasteiger partial charge in [-0.25, -0.2) is 0 Å². The second kappa shape index (κ2) is 7.90. The van der Waals surface area contributed by atoms with Gasteiger partial charge in [-0.1, -0.05) is 24.3 Å². The summed E-state index contributed by atoms with van der Waals surface area (Å²) in [5.41, 5.74) is 5.46. The molecule has 0 unspecified atom stereocenters. The van der Waals surface area contributed by atoms with Crippen molar-refractivity contribution in [2.24, 2.45) is 0 Å². The molecule has 25 heavy (non-hydrogen) atoms. The Morgan fingerprint density at radius 3 is 2.36 bits per heavy atom. The molecule has 6 heteroatoms. The topological polar surface area (TPSA) is 78.2 Å². The molecule has 0 atom stereocenters. The highest BCUT2D eigenvalue weighted by atomic mass is 32.1. The van der Waals surface area contributed by atoms with Crippen LogP contribution in [0, 0.1) is 18.3 Å². The summed E-state index contributed by atoms with van der Waals surface area (Å²) in [5.74, 6) is 0. The second-order valence-corrected chi connectivity index (χ2v) is 6.41. The van der Waals surface area contributed by atoms with Gasteiger partial charge in [-0.2, -0.15) is 9.64 Å². The Morgan fingerprint density at radius 1 is 1.12 bits per heavy atom. The zero-order valence-corrected chi connectivity index (χ0v) is 14.5. The first-order chi connectivity index (χ1) is 12.2. The molecule has 0 saturated heterocycles. The van der Waals surface area contributed by atoms with Gasteiger partial charge < -0.3 is 15.2 Å². The van der Waals surface area contributed by atoms with Crippen molar-refractivity contribution in [1.82, 2.24) is 4.37 Å². The summed E-state index contributed by atoms with van der Waals surface area (Å²) in [6, 6.07) is 17.7. The van der Waals surface area contributed by atoms with Crippen LogP contribution in [-0.4, -0.2) is 16.3 Å². The normalized spacial score (nSPS) is 10.4. The van der Waals surface area contributed by atoms with E-state index in [1.54, 1.807) is 0 Å². The van der Waals surface area contributed by atoms with Crippen molar-refractivity contribution in [2.75, 3.05) is 12.1 Å². The number of nitriles is 1. The van der Waals surface area contributed by atoms with Gasteiger partial charge in [0, 0.05) is 10.6 Å². The van der Waals surface area contributed by atoms with E-state index < -0.39 is 0 Å². The summed E-state index contributed by atoms with van der Waals surface area (Å²) in [6.45, 7) is 1.94. The van der Waals surface area contributed by atoms with Crippen LogP contribution in [0.15, 0.2) is 48.5 Å². The number of hydrogen-bond acceptors (Lipinski definition) is 6. The Morgan fingerprint density at radius 2 is 1.76 bits per heavy atom. The number of nitrogens with one attached hydrogen (secondary N) is 1. The van der Waals surface area contributed by atoms with Gasteiger partial charge in [-0.15, -0.1) is 0 Å². The Bertz CT molecular complexity index is 881. The minimum Gasteiger partial charge on any atom is -0.371 e. The van der Waals surface area contributed by atoms with Crippen LogP contribution in [0.2, 0.25) is 0 Å². The molecule has 1 aromatic heterocycles. The molecule has 2 N–H and O–H groups in total. The number of benzene rings is 2. The number of aliphatic hydroxyl groups is 1. The fourth-order valence-electron chi connectivity index (χ4n) is 2.45. The summed E-state index contributed by atoms with van der Waals surface area (Å²) in [4.78, 5) is 1.06. The molecule has 126 valence electrons. The van der Waals surface area contributed by atoms with Crippen molar-refractivity contribution >= 4 is 22.9 Å². The van der Waals surface area contributed by atoms with Gasteiger partial charge in [0.1, 0.15) is 12.5 Å². The number of aryl methyl sites for hydroxylation is 1. The quantitative estimate of drug-likeness (QED) is 0.651. The van der Waals surface area contributed by atoms with Gasteiger partial charge in [0.2, 0.25) is 0 Å². The van der Waals surface area contributed by atoms with Crippen LogP contribution in [0.3, 0.4) is 0 Å². The number of aromatic nitrogens is 1. The van der Waals surface area contributed by atoms with E-state index in [4.69, 9.17) is 15.1 Å². The lowest BCUT2D eigenvalue weighted by molar-refractivity contribution is -0.0120. The van der Waals surface area contributed by atoms with Crippen molar-refractivity contribution in [3.05, 3.63) is 64.7 Å². The maximum Gasteiger partial charge on any atom is 0.144 e. The van der Waals surface area contributed by atoms with Crippen LogP contribution >= 0.6 is 11.5 Å². The fraction of sp³-hybridized carbons (Fsp3) is 0.158. The first kappa shape index (κ1) is 17.1. The van der Waals surface area contributed by atoms with Crippen LogP contribution in [0.4, 0.5) is 11.4 Å². The molecule has 0 aliphatic carbocycles. The first-order valence-corrected chi connectivity index (χ1v) is 8.50. The zero-order valence-electron chi connectivity index (χ0n) is 13.7. The average Bonchev–Trinajstić information content (AvgIpc) is 3.00. The van der Waals surface area contributed by atoms with Crippen molar-refractivity contribution in [2.45, 2.75) is 13.5 Å². The molecule has 0 aliphatic heterocycles. The minimum absolute atomic E-state index is 0.270. The Kier molecular flexibility index (Phi) is 5.41. The lowest BCUT2D eigenvalue weighted by atomic mass is 10.0. The standard InChI is InChI=1S/C19H17N3O2S/c1-13-19(18(22-25-13)11-24-12-23)21-17-8-6-16(7-9-17)15-4-2-14(10-20)3-5-15/h2-9,21,23H,11-12H2,1H3. The third-order valence-electron chi connectivity index (χ3n) is 3.77. The molecule has 5 nitrogen and oxygen atoms in total. The molecule has 3 aromatic rings. The van der Waals surface area contributed by atoms with Gasteiger partial charge in [-0.3, -0.25) is 0 Å². The van der Waals surface area contributed by atoms with Gasteiger partial charge in [0.25, 0.3) is 0 Å². The van der Waals surface area contributed by atoms with Gasteiger partial charge >= 0.3 is 0 Å². The lowest BCUT2D eigenvalue weighted by Crippen LogP contribution is -1.99. The van der Waals surface area contributed by atoms with Crippen LogP contribution in [0.1, 0.15) is 16.1 Å². The number of rotatable bonds is 6. The molecule has 3 rings (SSSR count). The lowest BCUT2D eigenvalue weighted by Gasteiger charge is -2.09. The predicted octanol–water partition coefficient (Wildman–Crippen LogP) is 4.20. The van der Waals surface area contributed by atoms with Crippen LogP contribution in [0.5, 0.6) is 0 Å². The molecule has 1 heterocycles. The summed E-state index contributed by atoms with van der Waals surface area (Å²) >= 11 is 1.40. The number of anilines is 2. The van der Waals surface area contributed by atoms with Crippen molar-refractivity contribution < 1.29 is 9.84 Å². The van der Waals surface area contributed by atoms with Gasteiger partial charge in [0.15, 0.2) is 0 Å². The first-order valence-electron chi connectivity index (χ1n) is 7.72. The monoisotopic (exact) mass is 351 g/mol. The molecular weight excluding hydrogens is 334 g/mol. The minimum atomic E-state index is -0.324. The molecule has 2 aromatic carbocycles. The van der Waals surface area contributed by atoms with E-state index in [-0.39, 0.29) is 13.4 Å². The molecule has 0 fully saturated rings. The number of hydrogen-bond donors (Lipinski definition) is 2. The van der Waals surface area contributed by atoms with Gasteiger partial charge in [0.05, 0.1) is 23.9 Å². The Balaban J connectivity index is 1.77. The van der Waals surface area contributed by atoms with E-state index in [1.807, 2.05) is 55.5 Å². The van der Waals surface area contributed by atoms with Crippen molar-refractivity contribution in [3.8, 4) is 17.2 Å². The molecule has 0 radical (unpaired) electrons. The number of ether oxygens (including phenoxy) is 1. The maximum absolute atomic E-state index is 8.87. The number of aliphatic hydroxyl groups excluding tert-OH is 1. The highest BCUT2D eigenvalue weighted by Gasteiger charge is 2.11. The van der Waals surface area contributed by atoms with E-state index in [2.05, 4.69) is 15.8 Å². The van der Waals surface area contributed by atoms with E-state index in [1.165, 1.54) is 11.5 Å². The molecule has 0 amide bonds. The van der Waals surface area contributed by atoms with Crippen LogP contribution in [0.25, 0.3) is 11.1 Å². The molecule has 0 aliphatic rings. The van der Waals surface area contributed by atoms with E-state index in [9.17, 15) is 0 Å². The highest BCUT2D eigenvalue weighted by molar-refractivity contribution is 7.06. The maximum atomic E-state index is 8.87. The smallest absolute Gasteiger partial charge is 0.144 e. The zero-order chi connectivity index (χ0) is 17.6. The number of nitrogens with zero attached hydrogens (tertiary/aromatic N) is 2.